The first-order chi connectivity index (χ1) is 13.0. The van der Waals surface area contributed by atoms with E-state index in [1.807, 2.05) is 55.5 Å². The molecule has 5 heteroatoms. The van der Waals surface area contributed by atoms with E-state index in [-0.39, 0.29) is 12.5 Å². The van der Waals surface area contributed by atoms with E-state index in [0.717, 1.165) is 5.56 Å². The summed E-state index contributed by atoms with van der Waals surface area (Å²) in [7, 11) is 0. The third kappa shape index (κ3) is 5.09. The van der Waals surface area contributed by atoms with Crippen molar-refractivity contribution in [3.05, 3.63) is 94.5 Å². The molecule has 0 saturated heterocycles. The first-order valence-corrected chi connectivity index (χ1v) is 8.92. The molecule has 27 heavy (non-hydrogen) atoms. The van der Waals surface area contributed by atoms with Gasteiger partial charge in [0.1, 0.15) is 11.9 Å². The van der Waals surface area contributed by atoms with Crippen molar-refractivity contribution in [3.8, 4) is 5.75 Å². The molecule has 2 N–H and O–H groups in total. The second-order valence-electron chi connectivity index (χ2n) is 6.20. The quantitative estimate of drug-likeness (QED) is 0.648. The van der Waals surface area contributed by atoms with Crippen molar-refractivity contribution in [1.82, 2.24) is 0 Å². The summed E-state index contributed by atoms with van der Waals surface area (Å²) < 4.78 is 5.53. The largest absolute Gasteiger partial charge is 0.484 e. The number of anilines is 1. The van der Waals surface area contributed by atoms with Crippen molar-refractivity contribution in [3.63, 3.8) is 0 Å². The summed E-state index contributed by atoms with van der Waals surface area (Å²) in [6, 6.07) is 21.7. The molecule has 0 saturated carbocycles. The number of nitrogens with one attached hydrogen (secondary N) is 1. The summed E-state index contributed by atoms with van der Waals surface area (Å²) in [4.78, 5) is 12.3. The van der Waals surface area contributed by atoms with Gasteiger partial charge in [-0.25, -0.2) is 0 Å². The number of aliphatic hydroxyl groups is 1. The number of rotatable bonds is 6. The molecular formula is C22H20ClNO3. The topological polar surface area (TPSA) is 58.6 Å². The van der Waals surface area contributed by atoms with Crippen LogP contribution in [-0.2, 0) is 4.79 Å². The maximum Gasteiger partial charge on any atom is 0.262 e. The lowest BCUT2D eigenvalue weighted by atomic mass is 10.00. The van der Waals surface area contributed by atoms with Crippen LogP contribution < -0.4 is 10.1 Å². The number of amides is 1. The van der Waals surface area contributed by atoms with Gasteiger partial charge in [0.25, 0.3) is 5.91 Å². The zero-order valence-electron chi connectivity index (χ0n) is 14.9. The van der Waals surface area contributed by atoms with Crippen molar-refractivity contribution in [2.75, 3.05) is 11.9 Å². The van der Waals surface area contributed by atoms with Crippen LogP contribution in [0.2, 0.25) is 5.02 Å². The number of carbonyl (C=O) groups excluding carboxylic acids is 1. The molecule has 1 amide bonds. The fourth-order valence-corrected chi connectivity index (χ4v) is 2.91. The maximum atomic E-state index is 12.3. The molecule has 0 aliphatic carbocycles. The van der Waals surface area contributed by atoms with Crippen molar-refractivity contribution in [2.45, 2.75) is 13.0 Å². The van der Waals surface area contributed by atoms with E-state index in [0.29, 0.717) is 27.6 Å². The first kappa shape index (κ1) is 19.0. The number of benzene rings is 3. The lowest BCUT2D eigenvalue weighted by Crippen LogP contribution is -2.21. The summed E-state index contributed by atoms with van der Waals surface area (Å²) in [5, 5.41) is 14.0. The van der Waals surface area contributed by atoms with Crippen LogP contribution in [0.15, 0.2) is 72.8 Å². The average molecular weight is 382 g/mol. The molecule has 0 aliphatic heterocycles. The summed E-state index contributed by atoms with van der Waals surface area (Å²) in [5.74, 6) is 0.311. The molecule has 0 fully saturated rings. The highest BCUT2D eigenvalue weighted by Crippen LogP contribution is 2.30. The van der Waals surface area contributed by atoms with Crippen LogP contribution in [0.3, 0.4) is 0 Å². The van der Waals surface area contributed by atoms with Gasteiger partial charge < -0.3 is 15.2 Å². The van der Waals surface area contributed by atoms with Gasteiger partial charge in [0.05, 0.1) is 0 Å². The Morgan fingerprint density at radius 2 is 1.85 bits per heavy atom. The molecule has 4 nitrogen and oxygen atoms in total. The Labute approximate surface area is 163 Å². The third-order valence-corrected chi connectivity index (χ3v) is 4.29. The van der Waals surface area contributed by atoms with Crippen LogP contribution >= 0.6 is 11.6 Å². The van der Waals surface area contributed by atoms with Gasteiger partial charge >= 0.3 is 0 Å². The monoisotopic (exact) mass is 381 g/mol. The fraction of sp³-hybridized carbons (Fsp3) is 0.136. The maximum absolute atomic E-state index is 12.3. The number of carbonyl (C=O) groups is 1. The molecule has 3 aromatic carbocycles. The van der Waals surface area contributed by atoms with Crippen LogP contribution in [0.5, 0.6) is 5.75 Å². The molecule has 0 bridgehead atoms. The minimum atomic E-state index is -0.905. The highest BCUT2D eigenvalue weighted by molar-refractivity contribution is 6.30. The average Bonchev–Trinajstić information content (AvgIpc) is 2.68. The molecule has 1 atom stereocenters. The van der Waals surface area contributed by atoms with Crippen molar-refractivity contribution >= 4 is 23.2 Å². The van der Waals surface area contributed by atoms with Crippen LogP contribution in [0.25, 0.3) is 0 Å². The van der Waals surface area contributed by atoms with Crippen LogP contribution in [0.1, 0.15) is 22.8 Å². The Hall–Kier alpha value is -2.82. The van der Waals surface area contributed by atoms with E-state index in [1.54, 1.807) is 24.3 Å². The Bertz CT molecular complexity index is 928. The highest BCUT2D eigenvalue weighted by atomic mass is 35.5. The molecular weight excluding hydrogens is 362 g/mol. The van der Waals surface area contributed by atoms with Gasteiger partial charge in [-0.3, -0.25) is 4.79 Å². The van der Waals surface area contributed by atoms with Gasteiger partial charge in [0.2, 0.25) is 0 Å². The normalized spacial score (nSPS) is 11.7. The number of aliphatic hydroxyl groups excluding tert-OH is 1. The summed E-state index contributed by atoms with van der Waals surface area (Å²) in [6.07, 6.45) is -0.905. The standard InChI is InChI=1S/C22H20ClNO3/c1-15-6-5-9-18(12-15)27-14-21(25)24-20-11-10-17(23)13-19(20)22(26)16-7-3-2-4-8-16/h2-13,22,26H,14H2,1H3,(H,24,25). The number of halogens is 1. The second-order valence-corrected chi connectivity index (χ2v) is 6.63. The summed E-state index contributed by atoms with van der Waals surface area (Å²) in [5.41, 5.74) is 2.79. The Morgan fingerprint density at radius 3 is 2.59 bits per heavy atom. The van der Waals surface area contributed by atoms with Gasteiger partial charge in [0.15, 0.2) is 6.61 Å². The van der Waals surface area contributed by atoms with E-state index in [4.69, 9.17) is 16.3 Å². The molecule has 0 aromatic heterocycles. The van der Waals surface area contributed by atoms with Gasteiger partial charge in [-0.1, -0.05) is 54.1 Å². The van der Waals surface area contributed by atoms with Gasteiger partial charge in [-0.05, 0) is 48.4 Å². The molecule has 0 radical (unpaired) electrons. The summed E-state index contributed by atoms with van der Waals surface area (Å²) >= 11 is 6.09. The number of aryl methyl sites for hydroxylation is 1. The highest BCUT2D eigenvalue weighted by Gasteiger charge is 2.17. The predicted octanol–water partition coefficient (Wildman–Crippen LogP) is 4.75. The zero-order chi connectivity index (χ0) is 19.2. The fourth-order valence-electron chi connectivity index (χ4n) is 2.73. The van der Waals surface area contributed by atoms with Gasteiger partial charge in [0, 0.05) is 16.3 Å². The molecule has 3 aromatic rings. The molecule has 3 rings (SSSR count). The van der Waals surface area contributed by atoms with E-state index < -0.39 is 6.10 Å². The predicted molar refractivity (Wildman–Crippen MR) is 107 cm³/mol. The molecule has 138 valence electrons. The molecule has 0 aliphatic rings. The second kappa shape index (κ2) is 8.71. The van der Waals surface area contributed by atoms with E-state index in [1.165, 1.54) is 0 Å². The van der Waals surface area contributed by atoms with Crippen molar-refractivity contribution in [2.24, 2.45) is 0 Å². The SMILES string of the molecule is Cc1cccc(OCC(=O)Nc2ccc(Cl)cc2C(O)c2ccccc2)c1. The third-order valence-electron chi connectivity index (χ3n) is 4.06. The zero-order valence-corrected chi connectivity index (χ0v) is 15.6. The number of hydrogen-bond donors (Lipinski definition) is 2. The van der Waals surface area contributed by atoms with Crippen LogP contribution in [0, 0.1) is 6.92 Å². The molecule has 0 heterocycles. The smallest absolute Gasteiger partial charge is 0.262 e. The lowest BCUT2D eigenvalue weighted by molar-refractivity contribution is -0.118. The number of hydrogen-bond acceptors (Lipinski definition) is 3. The lowest BCUT2D eigenvalue weighted by Gasteiger charge is -2.17. The van der Waals surface area contributed by atoms with E-state index >= 15 is 0 Å². The van der Waals surface area contributed by atoms with Crippen molar-refractivity contribution < 1.29 is 14.6 Å². The first-order valence-electron chi connectivity index (χ1n) is 8.55. The number of ether oxygens (including phenoxy) is 1. The Kier molecular flexibility index (Phi) is 6.12. The minimum Gasteiger partial charge on any atom is -0.484 e. The van der Waals surface area contributed by atoms with E-state index in [2.05, 4.69) is 5.32 Å². The summed E-state index contributed by atoms with van der Waals surface area (Å²) in [6.45, 7) is 1.82. The Balaban J connectivity index is 1.73. The van der Waals surface area contributed by atoms with Crippen molar-refractivity contribution in [1.29, 1.82) is 0 Å². The van der Waals surface area contributed by atoms with E-state index in [9.17, 15) is 9.90 Å². The van der Waals surface area contributed by atoms with Crippen LogP contribution in [-0.4, -0.2) is 17.6 Å². The minimum absolute atomic E-state index is 0.132. The van der Waals surface area contributed by atoms with Crippen LogP contribution in [0.4, 0.5) is 5.69 Å². The van der Waals surface area contributed by atoms with Gasteiger partial charge in [-0.15, -0.1) is 0 Å². The molecule has 0 spiro atoms. The van der Waals surface area contributed by atoms with Gasteiger partial charge in [-0.2, -0.15) is 0 Å². The molecule has 1 unspecified atom stereocenters. The Morgan fingerprint density at radius 1 is 1.07 bits per heavy atom.